The average Bonchev–Trinajstić information content (AvgIpc) is 2.26. The van der Waals surface area contributed by atoms with E-state index in [9.17, 15) is 4.79 Å². The maximum atomic E-state index is 10.5. The molecule has 0 bridgehead atoms. The highest BCUT2D eigenvalue weighted by Crippen LogP contribution is 2.14. The quantitative estimate of drug-likeness (QED) is 0.769. The second kappa shape index (κ2) is 5.89. The molecule has 0 aromatic heterocycles. The highest BCUT2D eigenvalue weighted by atomic mass is 16.4. The van der Waals surface area contributed by atoms with E-state index in [0.29, 0.717) is 12.5 Å². The first-order chi connectivity index (χ1) is 7.50. The molecule has 0 unspecified atom stereocenters. The molecule has 1 heterocycles. The number of carbonyl (C=O) groups is 1. The third kappa shape index (κ3) is 3.85. The Morgan fingerprint density at radius 2 is 1.81 bits per heavy atom. The van der Waals surface area contributed by atoms with Crippen LogP contribution in [0.15, 0.2) is 12.3 Å². The Morgan fingerprint density at radius 1 is 1.25 bits per heavy atom. The number of hydrogen-bond donors (Lipinski definition) is 1. The van der Waals surface area contributed by atoms with E-state index in [1.807, 2.05) is 0 Å². The predicted octanol–water partition coefficient (Wildman–Crippen LogP) is 1.39. The smallest absolute Gasteiger partial charge is 0.303 e. The van der Waals surface area contributed by atoms with Crippen molar-refractivity contribution >= 4 is 5.97 Å². The largest absolute Gasteiger partial charge is 0.481 e. The lowest BCUT2D eigenvalue weighted by molar-refractivity contribution is -0.137. The number of rotatable bonds is 5. The zero-order chi connectivity index (χ0) is 12.1. The summed E-state index contributed by atoms with van der Waals surface area (Å²) in [6.45, 7) is 12.4. The zero-order valence-electron chi connectivity index (χ0n) is 10.3. The number of carboxylic acids is 1. The molecule has 0 atom stereocenters. The van der Waals surface area contributed by atoms with Crippen molar-refractivity contribution < 1.29 is 9.90 Å². The SMILES string of the molecule is C=C(CCC(=O)O)N1CCN(C(C)C)CC1. The first-order valence-corrected chi connectivity index (χ1v) is 5.89. The Balaban J connectivity index is 2.30. The van der Waals surface area contributed by atoms with Crippen LogP contribution < -0.4 is 0 Å². The molecule has 0 aromatic carbocycles. The van der Waals surface area contributed by atoms with Crippen LogP contribution in [0.25, 0.3) is 0 Å². The van der Waals surface area contributed by atoms with Gasteiger partial charge in [0, 0.05) is 37.9 Å². The molecular formula is C12H22N2O2. The molecule has 0 spiro atoms. The van der Waals surface area contributed by atoms with Gasteiger partial charge in [-0.15, -0.1) is 0 Å². The second-order valence-corrected chi connectivity index (χ2v) is 4.58. The van der Waals surface area contributed by atoms with Gasteiger partial charge in [-0.05, 0) is 20.3 Å². The maximum absolute atomic E-state index is 10.5. The van der Waals surface area contributed by atoms with Crippen LogP contribution in [0, 0.1) is 0 Å². The van der Waals surface area contributed by atoms with Crippen molar-refractivity contribution in [3.63, 3.8) is 0 Å². The molecule has 1 N–H and O–H groups in total. The van der Waals surface area contributed by atoms with Crippen LogP contribution in [0.5, 0.6) is 0 Å². The fourth-order valence-corrected chi connectivity index (χ4v) is 1.96. The Bertz CT molecular complexity index is 256. The minimum Gasteiger partial charge on any atom is -0.481 e. The molecule has 4 heteroatoms. The molecule has 1 rings (SSSR count). The van der Waals surface area contributed by atoms with E-state index in [0.717, 1.165) is 31.9 Å². The lowest BCUT2D eigenvalue weighted by Gasteiger charge is -2.38. The number of aliphatic carboxylic acids is 1. The fraction of sp³-hybridized carbons (Fsp3) is 0.750. The number of allylic oxidation sites excluding steroid dienone is 1. The van der Waals surface area contributed by atoms with Gasteiger partial charge in [0.15, 0.2) is 0 Å². The predicted molar refractivity (Wildman–Crippen MR) is 64.3 cm³/mol. The molecule has 1 fully saturated rings. The van der Waals surface area contributed by atoms with Crippen molar-refractivity contribution in [3.8, 4) is 0 Å². The number of nitrogens with zero attached hydrogens (tertiary/aromatic N) is 2. The number of carboxylic acid groups (broad SMARTS) is 1. The minimum atomic E-state index is -0.748. The molecule has 4 nitrogen and oxygen atoms in total. The van der Waals surface area contributed by atoms with E-state index in [2.05, 4.69) is 30.2 Å². The molecule has 0 radical (unpaired) electrons. The second-order valence-electron chi connectivity index (χ2n) is 4.58. The normalized spacial score (nSPS) is 17.8. The van der Waals surface area contributed by atoms with Gasteiger partial charge in [-0.2, -0.15) is 0 Å². The standard InChI is InChI=1S/C12H22N2O2/c1-10(2)13-6-8-14(9-7-13)11(3)4-5-12(15)16/h10H,3-9H2,1-2H3,(H,15,16). The summed E-state index contributed by atoms with van der Waals surface area (Å²) in [7, 11) is 0. The zero-order valence-corrected chi connectivity index (χ0v) is 10.3. The lowest BCUT2D eigenvalue weighted by atomic mass is 10.2. The van der Waals surface area contributed by atoms with Gasteiger partial charge in [-0.3, -0.25) is 9.69 Å². The van der Waals surface area contributed by atoms with E-state index in [-0.39, 0.29) is 6.42 Å². The summed E-state index contributed by atoms with van der Waals surface area (Å²) < 4.78 is 0. The minimum absolute atomic E-state index is 0.184. The Hall–Kier alpha value is -1.03. The number of piperazine rings is 1. The van der Waals surface area contributed by atoms with Gasteiger partial charge >= 0.3 is 5.97 Å². The van der Waals surface area contributed by atoms with Gasteiger partial charge in [-0.1, -0.05) is 6.58 Å². The van der Waals surface area contributed by atoms with Gasteiger partial charge in [0.05, 0.1) is 6.42 Å². The highest BCUT2D eigenvalue weighted by molar-refractivity contribution is 5.66. The van der Waals surface area contributed by atoms with Crippen molar-refractivity contribution in [1.29, 1.82) is 0 Å². The topological polar surface area (TPSA) is 43.8 Å². The van der Waals surface area contributed by atoms with Crippen molar-refractivity contribution in [2.75, 3.05) is 26.2 Å². The first-order valence-electron chi connectivity index (χ1n) is 5.89. The van der Waals surface area contributed by atoms with Crippen LogP contribution in [-0.4, -0.2) is 53.1 Å². The van der Waals surface area contributed by atoms with E-state index in [1.54, 1.807) is 0 Å². The van der Waals surface area contributed by atoms with Gasteiger partial charge in [0.2, 0.25) is 0 Å². The molecule has 0 saturated carbocycles. The Labute approximate surface area is 97.5 Å². The van der Waals surface area contributed by atoms with Crippen LogP contribution in [0.3, 0.4) is 0 Å². The molecular weight excluding hydrogens is 204 g/mol. The molecule has 0 aliphatic carbocycles. The van der Waals surface area contributed by atoms with Crippen LogP contribution in [0.4, 0.5) is 0 Å². The van der Waals surface area contributed by atoms with E-state index in [4.69, 9.17) is 5.11 Å². The van der Waals surface area contributed by atoms with Crippen LogP contribution in [0.2, 0.25) is 0 Å². The molecule has 0 aromatic rings. The van der Waals surface area contributed by atoms with Gasteiger partial charge < -0.3 is 10.0 Å². The third-order valence-corrected chi connectivity index (χ3v) is 3.12. The fourth-order valence-electron chi connectivity index (χ4n) is 1.96. The molecule has 16 heavy (non-hydrogen) atoms. The molecule has 1 aliphatic rings. The van der Waals surface area contributed by atoms with E-state index in [1.165, 1.54) is 0 Å². The molecule has 92 valence electrons. The Morgan fingerprint density at radius 3 is 2.25 bits per heavy atom. The van der Waals surface area contributed by atoms with Crippen LogP contribution in [-0.2, 0) is 4.79 Å². The van der Waals surface area contributed by atoms with Crippen molar-refractivity contribution in [1.82, 2.24) is 9.80 Å². The number of hydrogen-bond acceptors (Lipinski definition) is 3. The summed E-state index contributed by atoms with van der Waals surface area (Å²) in [6.07, 6.45) is 0.750. The van der Waals surface area contributed by atoms with Crippen LogP contribution in [0.1, 0.15) is 26.7 Å². The summed E-state index contributed by atoms with van der Waals surface area (Å²) in [5.41, 5.74) is 0.964. The summed E-state index contributed by atoms with van der Waals surface area (Å²) in [4.78, 5) is 15.1. The maximum Gasteiger partial charge on any atom is 0.303 e. The van der Waals surface area contributed by atoms with Gasteiger partial charge in [-0.25, -0.2) is 0 Å². The summed E-state index contributed by atoms with van der Waals surface area (Å²) in [5.74, 6) is -0.748. The summed E-state index contributed by atoms with van der Waals surface area (Å²) in [5, 5.41) is 8.61. The average molecular weight is 226 g/mol. The Kier molecular flexibility index (Phi) is 4.80. The molecule has 1 aliphatic heterocycles. The molecule has 0 amide bonds. The highest BCUT2D eigenvalue weighted by Gasteiger charge is 2.19. The summed E-state index contributed by atoms with van der Waals surface area (Å²) >= 11 is 0. The lowest BCUT2D eigenvalue weighted by Crippen LogP contribution is -2.48. The van der Waals surface area contributed by atoms with E-state index >= 15 is 0 Å². The van der Waals surface area contributed by atoms with Gasteiger partial charge in [0.1, 0.15) is 0 Å². The van der Waals surface area contributed by atoms with Gasteiger partial charge in [0.25, 0.3) is 0 Å². The third-order valence-electron chi connectivity index (χ3n) is 3.12. The van der Waals surface area contributed by atoms with Crippen LogP contribution >= 0.6 is 0 Å². The molecule has 1 saturated heterocycles. The van der Waals surface area contributed by atoms with Crippen molar-refractivity contribution in [3.05, 3.63) is 12.3 Å². The monoisotopic (exact) mass is 226 g/mol. The first kappa shape index (κ1) is 13.0. The van der Waals surface area contributed by atoms with Crippen molar-refractivity contribution in [2.45, 2.75) is 32.7 Å². The van der Waals surface area contributed by atoms with E-state index < -0.39 is 5.97 Å². The van der Waals surface area contributed by atoms with Crippen molar-refractivity contribution in [2.24, 2.45) is 0 Å². The summed E-state index contributed by atoms with van der Waals surface area (Å²) in [6, 6.07) is 0.592.